The van der Waals surface area contributed by atoms with Crippen molar-refractivity contribution in [2.24, 2.45) is 17.6 Å². The van der Waals surface area contributed by atoms with E-state index < -0.39 is 0 Å². The Labute approximate surface area is 112 Å². The van der Waals surface area contributed by atoms with E-state index in [-0.39, 0.29) is 11.8 Å². The van der Waals surface area contributed by atoms with Gasteiger partial charge in [0.15, 0.2) is 0 Å². The van der Waals surface area contributed by atoms with Crippen molar-refractivity contribution in [2.75, 3.05) is 13.6 Å². The Morgan fingerprint density at radius 3 is 3.00 bits per heavy atom. The van der Waals surface area contributed by atoms with Crippen LogP contribution in [-0.2, 0) is 11.3 Å². The normalized spacial score (nSPS) is 21.1. The molecule has 0 radical (unpaired) electrons. The molecule has 1 aliphatic carbocycles. The van der Waals surface area contributed by atoms with E-state index in [9.17, 15) is 4.79 Å². The standard InChI is InChI=1S/C14H18N2OS/c1-10-6-13(10)14(17)16(2)8-12-7-11(9-18-12)4-3-5-15/h7,9-10,13H,5-6,8,15H2,1-2H3. The van der Waals surface area contributed by atoms with E-state index in [1.807, 2.05) is 23.4 Å². The van der Waals surface area contributed by atoms with Crippen LogP contribution in [0.3, 0.4) is 0 Å². The Morgan fingerprint density at radius 1 is 1.67 bits per heavy atom. The van der Waals surface area contributed by atoms with Gasteiger partial charge < -0.3 is 10.6 Å². The highest BCUT2D eigenvalue weighted by atomic mass is 32.1. The molecule has 3 nitrogen and oxygen atoms in total. The average Bonchev–Trinajstić information content (AvgIpc) is 2.91. The Morgan fingerprint density at radius 2 is 2.39 bits per heavy atom. The van der Waals surface area contributed by atoms with Gasteiger partial charge in [0.05, 0.1) is 13.1 Å². The van der Waals surface area contributed by atoms with Crippen molar-refractivity contribution in [1.82, 2.24) is 4.90 Å². The van der Waals surface area contributed by atoms with Gasteiger partial charge in [0, 0.05) is 28.8 Å². The lowest BCUT2D eigenvalue weighted by atomic mass is 10.2. The van der Waals surface area contributed by atoms with Crippen LogP contribution in [0.25, 0.3) is 0 Å². The van der Waals surface area contributed by atoms with Crippen LogP contribution < -0.4 is 5.73 Å². The van der Waals surface area contributed by atoms with Gasteiger partial charge in [0.25, 0.3) is 0 Å². The van der Waals surface area contributed by atoms with Gasteiger partial charge in [-0.2, -0.15) is 0 Å². The average molecular weight is 262 g/mol. The van der Waals surface area contributed by atoms with Crippen LogP contribution in [0.2, 0.25) is 0 Å². The van der Waals surface area contributed by atoms with Crippen LogP contribution in [0.15, 0.2) is 11.4 Å². The zero-order valence-corrected chi connectivity index (χ0v) is 11.6. The summed E-state index contributed by atoms with van der Waals surface area (Å²) in [5, 5.41) is 2.01. The first-order valence-corrected chi connectivity index (χ1v) is 7.01. The SMILES string of the molecule is CC1CC1C(=O)N(C)Cc1cc(C#CCN)cs1. The van der Waals surface area contributed by atoms with E-state index in [2.05, 4.69) is 18.8 Å². The van der Waals surface area contributed by atoms with Gasteiger partial charge in [0.1, 0.15) is 0 Å². The lowest BCUT2D eigenvalue weighted by Crippen LogP contribution is -2.27. The second kappa shape index (κ2) is 5.55. The number of hydrogen-bond donors (Lipinski definition) is 1. The molecule has 1 aliphatic rings. The van der Waals surface area contributed by atoms with Crippen molar-refractivity contribution in [2.45, 2.75) is 19.9 Å². The molecule has 2 atom stereocenters. The van der Waals surface area contributed by atoms with Gasteiger partial charge in [-0.25, -0.2) is 0 Å². The minimum Gasteiger partial charge on any atom is -0.340 e. The van der Waals surface area contributed by atoms with E-state index >= 15 is 0 Å². The van der Waals surface area contributed by atoms with Crippen molar-refractivity contribution >= 4 is 17.2 Å². The fraction of sp³-hybridized carbons (Fsp3) is 0.500. The second-order valence-electron chi connectivity index (χ2n) is 4.82. The number of thiophene rings is 1. The first-order chi connectivity index (χ1) is 8.61. The second-order valence-corrected chi connectivity index (χ2v) is 5.82. The molecule has 4 heteroatoms. The molecule has 1 heterocycles. The van der Waals surface area contributed by atoms with Crippen LogP contribution in [0.5, 0.6) is 0 Å². The molecule has 0 spiro atoms. The summed E-state index contributed by atoms with van der Waals surface area (Å²) in [6.45, 7) is 3.18. The number of nitrogens with zero attached hydrogens (tertiary/aromatic N) is 1. The minimum atomic E-state index is 0.256. The molecule has 0 saturated heterocycles. The quantitative estimate of drug-likeness (QED) is 0.842. The molecular weight excluding hydrogens is 244 g/mol. The molecule has 0 aliphatic heterocycles. The third-order valence-corrected chi connectivity index (χ3v) is 4.11. The van der Waals surface area contributed by atoms with Gasteiger partial charge in [-0.15, -0.1) is 11.3 Å². The monoisotopic (exact) mass is 262 g/mol. The molecule has 1 saturated carbocycles. The molecule has 1 aromatic heterocycles. The highest BCUT2D eigenvalue weighted by molar-refractivity contribution is 7.10. The van der Waals surface area contributed by atoms with Gasteiger partial charge in [-0.3, -0.25) is 4.79 Å². The van der Waals surface area contributed by atoms with E-state index in [4.69, 9.17) is 5.73 Å². The Balaban J connectivity index is 1.92. The number of carbonyl (C=O) groups is 1. The smallest absolute Gasteiger partial charge is 0.226 e. The summed E-state index contributed by atoms with van der Waals surface area (Å²) in [4.78, 5) is 15.0. The summed E-state index contributed by atoms with van der Waals surface area (Å²) < 4.78 is 0. The molecule has 2 rings (SSSR count). The van der Waals surface area contributed by atoms with Crippen molar-refractivity contribution < 1.29 is 4.79 Å². The maximum atomic E-state index is 12.0. The molecule has 2 N–H and O–H groups in total. The van der Waals surface area contributed by atoms with E-state index in [0.717, 1.165) is 12.0 Å². The van der Waals surface area contributed by atoms with E-state index in [1.165, 1.54) is 4.88 Å². The van der Waals surface area contributed by atoms with Gasteiger partial charge >= 0.3 is 0 Å². The predicted octanol–water partition coefficient (Wildman–Crippen LogP) is 1.67. The predicted molar refractivity (Wildman–Crippen MR) is 74.0 cm³/mol. The van der Waals surface area contributed by atoms with Crippen LogP contribution in [0, 0.1) is 23.7 Å². The van der Waals surface area contributed by atoms with Crippen molar-refractivity contribution in [3.8, 4) is 11.8 Å². The topological polar surface area (TPSA) is 46.3 Å². The molecule has 2 unspecified atom stereocenters. The highest BCUT2D eigenvalue weighted by Crippen LogP contribution is 2.39. The van der Waals surface area contributed by atoms with Gasteiger partial charge in [-0.1, -0.05) is 18.8 Å². The zero-order valence-electron chi connectivity index (χ0n) is 10.8. The van der Waals surface area contributed by atoms with Crippen molar-refractivity contribution in [3.05, 3.63) is 21.9 Å². The lowest BCUT2D eigenvalue weighted by Gasteiger charge is -2.15. The molecular formula is C14H18N2OS. The summed E-state index contributed by atoms with van der Waals surface area (Å²) in [5.74, 6) is 6.92. The molecule has 96 valence electrons. The molecule has 1 aromatic rings. The first kappa shape index (κ1) is 13.1. The number of amides is 1. The Hall–Kier alpha value is -1.31. The third kappa shape index (κ3) is 3.12. The maximum absolute atomic E-state index is 12.0. The summed E-state index contributed by atoms with van der Waals surface area (Å²) >= 11 is 1.64. The molecule has 1 fully saturated rings. The molecule has 0 bridgehead atoms. The third-order valence-electron chi connectivity index (χ3n) is 3.18. The fourth-order valence-corrected chi connectivity index (χ4v) is 2.81. The lowest BCUT2D eigenvalue weighted by molar-refractivity contribution is -0.132. The Bertz CT molecular complexity index is 497. The number of rotatable bonds is 3. The van der Waals surface area contributed by atoms with Crippen molar-refractivity contribution in [1.29, 1.82) is 0 Å². The zero-order chi connectivity index (χ0) is 13.1. The van der Waals surface area contributed by atoms with Gasteiger partial charge in [-0.05, 0) is 18.4 Å². The Kier molecular flexibility index (Phi) is 4.05. The number of carbonyl (C=O) groups excluding carboxylic acids is 1. The van der Waals surface area contributed by atoms with Crippen LogP contribution in [-0.4, -0.2) is 24.4 Å². The first-order valence-electron chi connectivity index (χ1n) is 6.13. The van der Waals surface area contributed by atoms with Crippen molar-refractivity contribution in [3.63, 3.8) is 0 Å². The molecule has 1 amide bonds. The number of hydrogen-bond acceptors (Lipinski definition) is 3. The number of nitrogens with two attached hydrogens (primary N) is 1. The van der Waals surface area contributed by atoms with Crippen LogP contribution in [0.1, 0.15) is 23.8 Å². The minimum absolute atomic E-state index is 0.256. The summed E-state index contributed by atoms with van der Waals surface area (Å²) in [6.07, 6.45) is 1.04. The summed E-state index contributed by atoms with van der Waals surface area (Å²) in [6, 6.07) is 2.04. The largest absolute Gasteiger partial charge is 0.340 e. The molecule has 0 aromatic carbocycles. The van der Waals surface area contributed by atoms with Crippen LogP contribution >= 0.6 is 11.3 Å². The maximum Gasteiger partial charge on any atom is 0.226 e. The molecule has 18 heavy (non-hydrogen) atoms. The van der Waals surface area contributed by atoms with E-state index in [0.29, 0.717) is 19.0 Å². The fourth-order valence-electron chi connectivity index (χ4n) is 1.94. The summed E-state index contributed by atoms with van der Waals surface area (Å²) in [5.41, 5.74) is 6.32. The van der Waals surface area contributed by atoms with E-state index in [1.54, 1.807) is 11.3 Å². The summed E-state index contributed by atoms with van der Waals surface area (Å²) in [7, 11) is 1.87. The highest BCUT2D eigenvalue weighted by Gasteiger charge is 2.40. The van der Waals surface area contributed by atoms with Gasteiger partial charge in [0.2, 0.25) is 5.91 Å². The van der Waals surface area contributed by atoms with Crippen LogP contribution in [0.4, 0.5) is 0 Å².